The van der Waals surface area contributed by atoms with Gasteiger partial charge in [-0.05, 0) is 24.5 Å². The molecule has 0 atom stereocenters. The highest BCUT2D eigenvalue weighted by Crippen LogP contribution is 2.42. The molecule has 1 aromatic carbocycles. The van der Waals surface area contributed by atoms with Gasteiger partial charge in [-0.3, -0.25) is 9.59 Å². The number of carbonyl (C=O) groups excluding carboxylic acids is 2. The van der Waals surface area contributed by atoms with Crippen molar-refractivity contribution in [2.24, 2.45) is 0 Å². The Morgan fingerprint density at radius 2 is 1.63 bits per heavy atom. The summed E-state index contributed by atoms with van der Waals surface area (Å²) in [6.07, 6.45) is 1.19. The number of rotatable bonds is 0. The van der Waals surface area contributed by atoms with Crippen molar-refractivity contribution < 1.29 is 19.8 Å². The lowest BCUT2D eigenvalue weighted by atomic mass is 9.80. The quantitative estimate of drug-likeness (QED) is 0.703. The molecule has 1 aliphatic rings. The highest BCUT2D eigenvalue weighted by molar-refractivity contribution is 6.26. The van der Waals surface area contributed by atoms with Crippen molar-refractivity contribution >= 4 is 11.6 Å². The molecule has 19 heavy (non-hydrogen) atoms. The number of phenolic OH excluding ortho intramolecular Hbond substituents is 2. The second-order valence-corrected chi connectivity index (χ2v) is 5.81. The maximum atomic E-state index is 12.0. The van der Waals surface area contributed by atoms with Gasteiger partial charge in [0.05, 0.1) is 11.1 Å². The molecule has 0 heterocycles. The van der Waals surface area contributed by atoms with Gasteiger partial charge in [-0.2, -0.15) is 0 Å². The standard InChI is InChI=1S/C15H16O4/c1-7-5-9(16)12-11(13(7)18)10(17)6-8(14(12)19)15(2,3)4/h5-6,17,19H,1-4H3. The molecular formula is C15H16O4. The SMILES string of the molecule is CC1=CC(=O)c2c(O)c(C(C)(C)C)cc(O)c2C1=O. The molecule has 4 nitrogen and oxygen atoms in total. The van der Waals surface area contributed by atoms with Crippen molar-refractivity contribution in [3.63, 3.8) is 0 Å². The van der Waals surface area contributed by atoms with Crippen LogP contribution >= 0.6 is 0 Å². The van der Waals surface area contributed by atoms with E-state index in [1.807, 2.05) is 20.8 Å². The average Bonchev–Trinajstić information content (AvgIpc) is 2.27. The minimum atomic E-state index is -0.453. The van der Waals surface area contributed by atoms with Crippen LogP contribution in [0, 0.1) is 0 Å². The van der Waals surface area contributed by atoms with E-state index in [1.54, 1.807) is 0 Å². The highest BCUT2D eigenvalue weighted by atomic mass is 16.3. The van der Waals surface area contributed by atoms with Crippen molar-refractivity contribution in [1.82, 2.24) is 0 Å². The van der Waals surface area contributed by atoms with Gasteiger partial charge in [-0.25, -0.2) is 0 Å². The average molecular weight is 260 g/mol. The molecule has 1 aromatic rings. The fourth-order valence-corrected chi connectivity index (χ4v) is 2.23. The summed E-state index contributed by atoms with van der Waals surface area (Å²) in [6.45, 7) is 7.07. The zero-order chi connectivity index (χ0) is 14.5. The van der Waals surface area contributed by atoms with Crippen LogP contribution in [0.25, 0.3) is 0 Å². The monoisotopic (exact) mass is 260 g/mol. The van der Waals surface area contributed by atoms with Crippen LogP contribution in [0.5, 0.6) is 11.5 Å². The molecule has 0 saturated carbocycles. The van der Waals surface area contributed by atoms with Gasteiger partial charge in [-0.15, -0.1) is 0 Å². The Labute approximate surface area is 111 Å². The molecule has 4 heteroatoms. The van der Waals surface area contributed by atoms with E-state index < -0.39 is 17.0 Å². The minimum Gasteiger partial charge on any atom is -0.507 e. The molecule has 0 unspecified atom stereocenters. The number of allylic oxidation sites excluding steroid dienone is 2. The third-order valence-electron chi connectivity index (χ3n) is 3.27. The van der Waals surface area contributed by atoms with Gasteiger partial charge < -0.3 is 10.2 Å². The van der Waals surface area contributed by atoms with Crippen LogP contribution in [0.3, 0.4) is 0 Å². The van der Waals surface area contributed by atoms with Crippen LogP contribution in [0.2, 0.25) is 0 Å². The molecule has 0 bridgehead atoms. The van der Waals surface area contributed by atoms with E-state index in [4.69, 9.17) is 0 Å². The zero-order valence-electron chi connectivity index (χ0n) is 11.4. The molecule has 0 amide bonds. The molecule has 0 saturated heterocycles. The molecule has 0 spiro atoms. The van der Waals surface area contributed by atoms with Crippen molar-refractivity contribution in [2.75, 3.05) is 0 Å². The van der Waals surface area contributed by atoms with Crippen molar-refractivity contribution in [1.29, 1.82) is 0 Å². The fraction of sp³-hybridized carbons (Fsp3) is 0.333. The van der Waals surface area contributed by atoms with Gasteiger partial charge in [0.2, 0.25) is 0 Å². The first-order chi connectivity index (χ1) is 8.64. The van der Waals surface area contributed by atoms with E-state index in [0.29, 0.717) is 5.56 Å². The van der Waals surface area contributed by atoms with E-state index in [1.165, 1.54) is 19.1 Å². The van der Waals surface area contributed by atoms with Gasteiger partial charge in [0.1, 0.15) is 11.5 Å². The maximum absolute atomic E-state index is 12.0. The molecule has 0 radical (unpaired) electrons. The first kappa shape index (κ1) is 13.3. The number of phenols is 2. The third kappa shape index (κ3) is 1.93. The molecule has 100 valence electrons. The van der Waals surface area contributed by atoms with Gasteiger partial charge in [0, 0.05) is 11.1 Å². The number of ketones is 2. The Kier molecular flexibility index (Phi) is 2.77. The third-order valence-corrected chi connectivity index (χ3v) is 3.27. The molecular weight excluding hydrogens is 244 g/mol. The number of benzene rings is 1. The summed E-state index contributed by atoms with van der Waals surface area (Å²) < 4.78 is 0. The summed E-state index contributed by atoms with van der Waals surface area (Å²) in [6, 6.07) is 1.36. The Bertz CT molecular complexity index is 631. The smallest absolute Gasteiger partial charge is 0.193 e. The van der Waals surface area contributed by atoms with Gasteiger partial charge >= 0.3 is 0 Å². The summed E-state index contributed by atoms with van der Waals surface area (Å²) in [5.41, 5.74) is 0.0560. The molecule has 0 aliphatic heterocycles. The van der Waals surface area contributed by atoms with E-state index in [2.05, 4.69) is 0 Å². The Morgan fingerprint density at radius 1 is 1.05 bits per heavy atom. The lowest BCUT2D eigenvalue weighted by Gasteiger charge is -2.24. The van der Waals surface area contributed by atoms with Gasteiger partial charge in [-0.1, -0.05) is 20.8 Å². The normalized spacial score (nSPS) is 15.3. The zero-order valence-corrected chi connectivity index (χ0v) is 11.4. The van der Waals surface area contributed by atoms with Crippen molar-refractivity contribution in [3.8, 4) is 11.5 Å². The van der Waals surface area contributed by atoms with Gasteiger partial charge in [0.15, 0.2) is 11.6 Å². The van der Waals surface area contributed by atoms with Crippen LogP contribution in [-0.2, 0) is 5.41 Å². The number of carbonyl (C=O) groups is 2. The Hall–Kier alpha value is -2.10. The first-order valence-electron chi connectivity index (χ1n) is 6.01. The van der Waals surface area contributed by atoms with Crippen molar-refractivity contribution in [3.05, 3.63) is 34.4 Å². The van der Waals surface area contributed by atoms with Gasteiger partial charge in [0.25, 0.3) is 0 Å². The number of Topliss-reactive ketones (excluding diaryl/α,β-unsaturated/α-hetero) is 1. The van der Waals surface area contributed by atoms with Crippen LogP contribution in [0.15, 0.2) is 17.7 Å². The molecule has 0 fully saturated rings. The minimum absolute atomic E-state index is 0.0967. The summed E-state index contributed by atoms with van der Waals surface area (Å²) in [5, 5.41) is 20.3. The topological polar surface area (TPSA) is 74.6 Å². The number of hydrogen-bond donors (Lipinski definition) is 2. The lowest BCUT2D eigenvalue weighted by Crippen LogP contribution is -2.19. The molecule has 2 rings (SSSR count). The Balaban J connectivity index is 2.85. The second kappa shape index (κ2) is 3.95. The van der Waals surface area contributed by atoms with E-state index in [0.717, 1.165) is 0 Å². The molecule has 2 N–H and O–H groups in total. The number of hydrogen-bond acceptors (Lipinski definition) is 4. The van der Waals surface area contributed by atoms with E-state index in [9.17, 15) is 19.8 Å². The maximum Gasteiger partial charge on any atom is 0.193 e. The number of aromatic hydroxyl groups is 2. The predicted molar refractivity (Wildman–Crippen MR) is 70.9 cm³/mol. The van der Waals surface area contributed by atoms with Crippen LogP contribution in [-0.4, -0.2) is 21.8 Å². The van der Waals surface area contributed by atoms with Crippen LogP contribution < -0.4 is 0 Å². The van der Waals surface area contributed by atoms with E-state index >= 15 is 0 Å². The summed E-state index contributed by atoms with van der Waals surface area (Å²) >= 11 is 0. The first-order valence-corrected chi connectivity index (χ1v) is 6.01. The Morgan fingerprint density at radius 3 is 2.16 bits per heavy atom. The lowest BCUT2D eigenvalue weighted by molar-refractivity contribution is 0.0979. The highest BCUT2D eigenvalue weighted by Gasteiger charge is 2.33. The summed E-state index contributed by atoms with van der Waals surface area (Å²) in [7, 11) is 0. The van der Waals surface area contributed by atoms with E-state index in [-0.39, 0.29) is 28.2 Å². The fourth-order valence-electron chi connectivity index (χ4n) is 2.23. The molecule has 1 aliphatic carbocycles. The predicted octanol–water partition coefficient (Wildman–Crippen LogP) is 2.72. The summed E-state index contributed by atoms with van der Waals surface area (Å²) in [5.74, 6) is -1.36. The molecule has 0 aromatic heterocycles. The largest absolute Gasteiger partial charge is 0.507 e. The number of fused-ring (bicyclic) bond motifs is 1. The van der Waals surface area contributed by atoms with Crippen LogP contribution in [0.4, 0.5) is 0 Å². The van der Waals surface area contributed by atoms with Crippen molar-refractivity contribution in [2.45, 2.75) is 33.1 Å². The summed E-state index contributed by atoms with van der Waals surface area (Å²) in [4.78, 5) is 24.0. The van der Waals surface area contributed by atoms with Crippen LogP contribution in [0.1, 0.15) is 54.0 Å². The second-order valence-electron chi connectivity index (χ2n) is 5.81.